The Balaban J connectivity index is 1.56. The van der Waals surface area contributed by atoms with Gasteiger partial charge < -0.3 is 5.32 Å². The minimum atomic E-state index is -0.204. The Hall–Kier alpha value is -2.71. The number of nitrogens with zero attached hydrogens (tertiary/aromatic N) is 2. The van der Waals surface area contributed by atoms with E-state index in [1.807, 2.05) is 0 Å². The fourth-order valence-corrected chi connectivity index (χ4v) is 6.15. The zero-order valence-corrected chi connectivity index (χ0v) is 19.8. The summed E-state index contributed by atoms with van der Waals surface area (Å²) >= 11 is 2.85. The first kappa shape index (κ1) is 22.5. The average molecular weight is 468 g/mol. The van der Waals surface area contributed by atoms with Crippen LogP contribution in [0.25, 0.3) is 10.2 Å². The SMILES string of the molecule is C=CCn1c(SCC(=O)Nc2ccc(C(C)=O)cc2)nc2sc3c(c2c1=O)CCC(C)C3. The zero-order chi connectivity index (χ0) is 22.8. The second-order valence-corrected chi connectivity index (χ2v) is 10.1. The predicted molar refractivity (Wildman–Crippen MR) is 131 cm³/mol. The van der Waals surface area contributed by atoms with Crippen molar-refractivity contribution in [3.63, 3.8) is 0 Å². The molecular weight excluding hydrogens is 442 g/mol. The molecule has 1 aromatic carbocycles. The van der Waals surface area contributed by atoms with Crippen molar-refractivity contribution < 1.29 is 9.59 Å². The molecule has 8 heteroatoms. The number of aryl methyl sites for hydroxylation is 1. The third kappa shape index (κ3) is 4.56. The number of allylic oxidation sites excluding steroid dienone is 1. The molecule has 4 rings (SSSR count). The van der Waals surface area contributed by atoms with E-state index in [-0.39, 0.29) is 23.0 Å². The van der Waals surface area contributed by atoms with Crippen molar-refractivity contribution in [3.8, 4) is 0 Å². The van der Waals surface area contributed by atoms with Gasteiger partial charge in [0.15, 0.2) is 10.9 Å². The van der Waals surface area contributed by atoms with Crippen molar-refractivity contribution in [2.45, 2.75) is 44.8 Å². The van der Waals surface area contributed by atoms with Crippen LogP contribution in [0.3, 0.4) is 0 Å². The lowest BCUT2D eigenvalue weighted by atomic mass is 9.89. The van der Waals surface area contributed by atoms with Crippen molar-refractivity contribution in [2.24, 2.45) is 5.92 Å². The summed E-state index contributed by atoms with van der Waals surface area (Å²) in [7, 11) is 0. The van der Waals surface area contributed by atoms with Crippen molar-refractivity contribution >= 4 is 50.7 Å². The minimum absolute atomic E-state index is 0.0233. The number of thioether (sulfide) groups is 1. The standard InChI is InChI=1S/C24H25N3O3S2/c1-4-11-27-23(30)21-18-10-5-14(2)12-19(18)32-22(21)26-24(27)31-13-20(29)25-17-8-6-16(7-9-17)15(3)28/h4,6-9,14H,1,5,10-13H2,2-3H3,(H,25,29). The summed E-state index contributed by atoms with van der Waals surface area (Å²) in [5.41, 5.74) is 2.32. The van der Waals surface area contributed by atoms with E-state index in [0.717, 1.165) is 35.0 Å². The van der Waals surface area contributed by atoms with Gasteiger partial charge in [0.05, 0.1) is 11.1 Å². The van der Waals surface area contributed by atoms with Gasteiger partial charge >= 0.3 is 0 Å². The van der Waals surface area contributed by atoms with Gasteiger partial charge in [0.25, 0.3) is 5.56 Å². The Kier molecular flexibility index (Phi) is 6.62. The lowest BCUT2D eigenvalue weighted by Crippen LogP contribution is -2.24. The van der Waals surface area contributed by atoms with Crippen molar-refractivity contribution in [1.82, 2.24) is 9.55 Å². The van der Waals surface area contributed by atoms with Crippen LogP contribution in [0.4, 0.5) is 5.69 Å². The van der Waals surface area contributed by atoms with E-state index in [4.69, 9.17) is 4.98 Å². The molecule has 6 nitrogen and oxygen atoms in total. The van der Waals surface area contributed by atoms with Crippen LogP contribution in [0.5, 0.6) is 0 Å². The number of thiophene rings is 1. The van der Waals surface area contributed by atoms with Gasteiger partial charge in [-0.15, -0.1) is 17.9 Å². The summed E-state index contributed by atoms with van der Waals surface area (Å²) in [6.07, 6.45) is 4.67. The number of carbonyl (C=O) groups is 2. The Labute approximate surface area is 194 Å². The summed E-state index contributed by atoms with van der Waals surface area (Å²) in [4.78, 5) is 44.0. The van der Waals surface area contributed by atoms with Gasteiger partial charge in [-0.25, -0.2) is 4.98 Å². The maximum absolute atomic E-state index is 13.3. The molecule has 32 heavy (non-hydrogen) atoms. The lowest BCUT2D eigenvalue weighted by Gasteiger charge is -2.17. The highest BCUT2D eigenvalue weighted by Gasteiger charge is 2.24. The van der Waals surface area contributed by atoms with Gasteiger partial charge in [-0.1, -0.05) is 24.8 Å². The molecule has 0 radical (unpaired) electrons. The van der Waals surface area contributed by atoms with E-state index in [9.17, 15) is 14.4 Å². The highest BCUT2D eigenvalue weighted by Crippen LogP contribution is 2.36. The average Bonchev–Trinajstić information content (AvgIpc) is 3.12. The number of hydrogen-bond donors (Lipinski definition) is 1. The topological polar surface area (TPSA) is 81.1 Å². The van der Waals surface area contributed by atoms with E-state index in [0.29, 0.717) is 28.9 Å². The number of rotatable bonds is 7. The molecule has 1 atom stereocenters. The third-order valence-electron chi connectivity index (χ3n) is 5.60. The summed E-state index contributed by atoms with van der Waals surface area (Å²) in [5, 5.41) is 4.08. The quantitative estimate of drug-likeness (QED) is 0.236. The third-order valence-corrected chi connectivity index (χ3v) is 7.72. The normalized spacial score (nSPS) is 15.4. The second kappa shape index (κ2) is 9.42. The van der Waals surface area contributed by atoms with Gasteiger partial charge in [0.1, 0.15) is 4.83 Å². The molecule has 3 aromatic rings. The number of benzene rings is 1. The first-order chi connectivity index (χ1) is 15.4. The number of hydrogen-bond acceptors (Lipinski definition) is 6. The number of aromatic nitrogens is 2. The van der Waals surface area contributed by atoms with E-state index in [2.05, 4.69) is 18.8 Å². The van der Waals surface area contributed by atoms with Crippen molar-refractivity contribution in [1.29, 1.82) is 0 Å². The van der Waals surface area contributed by atoms with Gasteiger partial charge in [0, 0.05) is 22.7 Å². The Bertz CT molecular complexity index is 1260. The Morgan fingerprint density at radius 1 is 1.34 bits per heavy atom. The van der Waals surface area contributed by atoms with Crippen molar-refractivity contribution in [2.75, 3.05) is 11.1 Å². The van der Waals surface area contributed by atoms with Gasteiger partial charge in [-0.05, 0) is 61.9 Å². The maximum atomic E-state index is 13.3. The second-order valence-electron chi connectivity index (χ2n) is 8.10. The van der Waals surface area contributed by atoms with Gasteiger partial charge in [0.2, 0.25) is 5.91 Å². The van der Waals surface area contributed by atoms with Crippen LogP contribution in [-0.2, 0) is 24.2 Å². The molecule has 0 saturated heterocycles. The Morgan fingerprint density at radius 2 is 2.09 bits per heavy atom. The molecule has 0 spiro atoms. The number of amides is 1. The predicted octanol–water partition coefficient (Wildman–Crippen LogP) is 4.70. The number of fused-ring (bicyclic) bond motifs is 3. The van der Waals surface area contributed by atoms with Crippen molar-refractivity contribution in [3.05, 3.63) is 63.3 Å². The minimum Gasteiger partial charge on any atom is -0.325 e. The Morgan fingerprint density at radius 3 is 2.78 bits per heavy atom. The van der Waals surface area contributed by atoms with E-state index >= 15 is 0 Å². The molecule has 1 N–H and O–H groups in total. The summed E-state index contributed by atoms with van der Waals surface area (Å²) in [6.45, 7) is 7.86. The summed E-state index contributed by atoms with van der Waals surface area (Å²) in [5.74, 6) is 0.508. The fourth-order valence-electron chi connectivity index (χ4n) is 3.92. The highest BCUT2D eigenvalue weighted by molar-refractivity contribution is 7.99. The largest absolute Gasteiger partial charge is 0.325 e. The lowest BCUT2D eigenvalue weighted by molar-refractivity contribution is -0.113. The molecular formula is C24H25N3O3S2. The molecule has 1 aliphatic rings. The number of Topliss-reactive ketones (excluding diaryl/α,β-unsaturated/α-hetero) is 1. The van der Waals surface area contributed by atoms with Crippen LogP contribution in [0.2, 0.25) is 0 Å². The number of anilines is 1. The zero-order valence-electron chi connectivity index (χ0n) is 18.1. The number of nitrogens with one attached hydrogen (secondary N) is 1. The molecule has 0 saturated carbocycles. The van der Waals surface area contributed by atoms with Crippen LogP contribution < -0.4 is 10.9 Å². The van der Waals surface area contributed by atoms with E-state index in [1.54, 1.807) is 46.2 Å². The molecule has 1 amide bonds. The molecule has 1 unspecified atom stereocenters. The van der Waals surface area contributed by atoms with Gasteiger partial charge in [-0.3, -0.25) is 19.0 Å². The molecule has 0 aliphatic heterocycles. The molecule has 2 aromatic heterocycles. The molecule has 1 aliphatic carbocycles. The smallest absolute Gasteiger partial charge is 0.263 e. The number of ketones is 1. The maximum Gasteiger partial charge on any atom is 0.263 e. The summed E-state index contributed by atoms with van der Waals surface area (Å²) < 4.78 is 1.61. The van der Waals surface area contributed by atoms with Crippen LogP contribution in [0.1, 0.15) is 41.1 Å². The fraction of sp³-hybridized carbons (Fsp3) is 0.333. The van der Waals surface area contributed by atoms with E-state index in [1.165, 1.54) is 23.6 Å². The molecule has 0 bridgehead atoms. The number of carbonyl (C=O) groups excluding carboxylic acids is 2. The van der Waals surface area contributed by atoms with Gasteiger partial charge in [-0.2, -0.15) is 0 Å². The monoisotopic (exact) mass is 467 g/mol. The van der Waals surface area contributed by atoms with Crippen LogP contribution in [0, 0.1) is 5.92 Å². The van der Waals surface area contributed by atoms with Crippen LogP contribution >= 0.6 is 23.1 Å². The summed E-state index contributed by atoms with van der Waals surface area (Å²) in [6, 6.07) is 6.77. The van der Waals surface area contributed by atoms with Crippen LogP contribution in [0.15, 0.2) is 46.9 Å². The first-order valence-electron chi connectivity index (χ1n) is 10.6. The molecule has 2 heterocycles. The first-order valence-corrected chi connectivity index (χ1v) is 12.4. The van der Waals surface area contributed by atoms with E-state index < -0.39 is 0 Å². The van der Waals surface area contributed by atoms with Crippen LogP contribution in [-0.4, -0.2) is 27.0 Å². The highest BCUT2D eigenvalue weighted by atomic mass is 32.2. The molecule has 166 valence electrons. The molecule has 0 fully saturated rings.